The summed E-state index contributed by atoms with van der Waals surface area (Å²) in [4.78, 5) is 23.7. The molecule has 1 aromatic carbocycles. The number of nitrogens with two attached hydrogens (primary N) is 1. The van der Waals surface area contributed by atoms with Crippen LogP contribution < -0.4 is 11.1 Å². The molecule has 1 atom stereocenters. The number of nitriles is 1. The fourth-order valence-corrected chi connectivity index (χ4v) is 2.98. The van der Waals surface area contributed by atoms with Gasteiger partial charge in [0.25, 0.3) is 0 Å². The molecule has 1 unspecified atom stereocenters. The van der Waals surface area contributed by atoms with Crippen molar-refractivity contribution in [2.45, 2.75) is 12.3 Å². The number of hydrogen-bond acceptors (Lipinski definition) is 4. The maximum atomic E-state index is 12.1. The molecule has 0 spiro atoms. The number of nitrogens with zero attached hydrogens (tertiary/aromatic N) is 1. The zero-order valence-corrected chi connectivity index (χ0v) is 11.4. The van der Waals surface area contributed by atoms with Crippen molar-refractivity contribution in [1.29, 1.82) is 5.26 Å². The van der Waals surface area contributed by atoms with Crippen molar-refractivity contribution in [3.05, 3.63) is 35.2 Å². The molecule has 0 saturated heterocycles. The summed E-state index contributed by atoms with van der Waals surface area (Å²) in [6.07, 6.45) is 0.196. The molecule has 2 rings (SSSR count). The molecule has 2 aromatic rings. The summed E-state index contributed by atoms with van der Waals surface area (Å²) in [5, 5.41) is 13.7. The van der Waals surface area contributed by atoms with Gasteiger partial charge < -0.3 is 11.1 Å². The SMILES string of the molecule is N#CCCNC(=O)C(C(N)=O)c1csc2ccccc12. The van der Waals surface area contributed by atoms with Crippen molar-refractivity contribution >= 4 is 33.2 Å². The molecule has 0 radical (unpaired) electrons. The van der Waals surface area contributed by atoms with Crippen molar-refractivity contribution in [2.24, 2.45) is 5.73 Å². The van der Waals surface area contributed by atoms with Crippen LogP contribution in [0.2, 0.25) is 0 Å². The number of thiophene rings is 1. The van der Waals surface area contributed by atoms with E-state index < -0.39 is 17.7 Å². The third kappa shape index (κ3) is 2.78. The van der Waals surface area contributed by atoms with Crippen LogP contribution in [0.5, 0.6) is 0 Å². The van der Waals surface area contributed by atoms with Gasteiger partial charge in [-0.25, -0.2) is 0 Å². The van der Waals surface area contributed by atoms with Crippen LogP contribution in [-0.2, 0) is 9.59 Å². The van der Waals surface area contributed by atoms with Gasteiger partial charge >= 0.3 is 0 Å². The van der Waals surface area contributed by atoms with Gasteiger partial charge in [-0.1, -0.05) is 18.2 Å². The smallest absolute Gasteiger partial charge is 0.237 e. The van der Waals surface area contributed by atoms with Gasteiger partial charge in [0.1, 0.15) is 5.92 Å². The lowest BCUT2D eigenvalue weighted by atomic mass is 9.97. The second-order valence-corrected chi connectivity index (χ2v) is 5.13. The van der Waals surface area contributed by atoms with E-state index in [4.69, 9.17) is 11.0 Å². The van der Waals surface area contributed by atoms with Crippen molar-refractivity contribution < 1.29 is 9.59 Å². The number of carbonyl (C=O) groups excluding carboxylic acids is 2. The summed E-state index contributed by atoms with van der Waals surface area (Å²) in [5.41, 5.74) is 5.98. The summed E-state index contributed by atoms with van der Waals surface area (Å²) in [6.45, 7) is 0.210. The fourth-order valence-electron chi connectivity index (χ4n) is 1.99. The second-order valence-electron chi connectivity index (χ2n) is 4.22. The Bertz CT molecular complexity index is 687. The molecule has 0 saturated carbocycles. The lowest BCUT2D eigenvalue weighted by Crippen LogP contribution is -2.37. The highest BCUT2D eigenvalue weighted by atomic mass is 32.1. The van der Waals surface area contributed by atoms with Gasteiger partial charge in [0, 0.05) is 11.2 Å². The summed E-state index contributed by atoms with van der Waals surface area (Å²) < 4.78 is 0.999. The molecule has 102 valence electrons. The Morgan fingerprint density at radius 3 is 2.85 bits per heavy atom. The van der Waals surface area contributed by atoms with Crippen LogP contribution in [0.3, 0.4) is 0 Å². The molecule has 1 aromatic heterocycles. The van der Waals surface area contributed by atoms with E-state index in [1.54, 1.807) is 5.38 Å². The van der Waals surface area contributed by atoms with Crippen LogP contribution in [0, 0.1) is 11.3 Å². The van der Waals surface area contributed by atoms with E-state index in [0.29, 0.717) is 5.56 Å². The normalized spacial score (nSPS) is 11.8. The summed E-state index contributed by atoms with van der Waals surface area (Å²) in [5.74, 6) is -2.18. The molecule has 2 amide bonds. The predicted octanol–water partition coefficient (Wildman–Crippen LogP) is 1.50. The minimum Gasteiger partial charge on any atom is -0.369 e. The van der Waals surface area contributed by atoms with Crippen molar-refractivity contribution in [3.63, 3.8) is 0 Å². The highest BCUT2D eigenvalue weighted by Gasteiger charge is 2.28. The second kappa shape index (κ2) is 6.17. The first-order valence-electron chi connectivity index (χ1n) is 6.05. The van der Waals surface area contributed by atoms with Crippen molar-refractivity contribution in [3.8, 4) is 6.07 Å². The fraction of sp³-hybridized carbons (Fsp3) is 0.214. The Hall–Kier alpha value is -2.39. The largest absolute Gasteiger partial charge is 0.369 e. The number of nitrogens with one attached hydrogen (secondary N) is 1. The van der Waals surface area contributed by atoms with E-state index in [9.17, 15) is 9.59 Å². The monoisotopic (exact) mass is 287 g/mol. The number of fused-ring (bicyclic) bond motifs is 1. The lowest BCUT2D eigenvalue weighted by Gasteiger charge is -2.12. The van der Waals surface area contributed by atoms with Crippen LogP contribution >= 0.6 is 11.3 Å². The first kappa shape index (κ1) is 14.0. The first-order valence-corrected chi connectivity index (χ1v) is 6.93. The third-order valence-corrected chi connectivity index (χ3v) is 3.89. The van der Waals surface area contributed by atoms with Gasteiger partial charge in [0.05, 0.1) is 12.5 Å². The minimum atomic E-state index is -1.02. The zero-order valence-electron chi connectivity index (χ0n) is 10.6. The van der Waals surface area contributed by atoms with Gasteiger partial charge in [0.2, 0.25) is 11.8 Å². The topological polar surface area (TPSA) is 96.0 Å². The van der Waals surface area contributed by atoms with Crippen LogP contribution in [0.1, 0.15) is 17.9 Å². The average Bonchev–Trinajstić information content (AvgIpc) is 2.83. The molecule has 0 fully saturated rings. The van der Waals surface area contributed by atoms with Crippen molar-refractivity contribution in [1.82, 2.24) is 5.32 Å². The van der Waals surface area contributed by atoms with Gasteiger partial charge in [-0.15, -0.1) is 11.3 Å². The minimum absolute atomic E-state index is 0.196. The van der Waals surface area contributed by atoms with Gasteiger partial charge in [-0.2, -0.15) is 5.26 Å². The molecular weight excluding hydrogens is 274 g/mol. The number of rotatable bonds is 5. The number of benzene rings is 1. The molecule has 0 bridgehead atoms. The van der Waals surface area contributed by atoms with Gasteiger partial charge in [-0.05, 0) is 22.4 Å². The summed E-state index contributed by atoms with van der Waals surface area (Å²) >= 11 is 1.47. The predicted molar refractivity (Wildman–Crippen MR) is 77.0 cm³/mol. The van der Waals surface area contributed by atoms with E-state index in [1.807, 2.05) is 30.3 Å². The third-order valence-electron chi connectivity index (χ3n) is 2.90. The van der Waals surface area contributed by atoms with E-state index in [-0.39, 0.29) is 13.0 Å². The molecule has 6 heteroatoms. The molecule has 0 aliphatic rings. The number of primary amides is 1. The van der Waals surface area contributed by atoms with Crippen LogP contribution in [0.25, 0.3) is 10.1 Å². The Kier molecular flexibility index (Phi) is 4.33. The maximum Gasteiger partial charge on any atom is 0.237 e. The Morgan fingerprint density at radius 2 is 2.15 bits per heavy atom. The van der Waals surface area contributed by atoms with E-state index in [1.165, 1.54) is 11.3 Å². The van der Waals surface area contributed by atoms with Gasteiger partial charge in [0.15, 0.2) is 0 Å². The van der Waals surface area contributed by atoms with E-state index in [2.05, 4.69) is 5.32 Å². The van der Waals surface area contributed by atoms with Crippen LogP contribution in [-0.4, -0.2) is 18.4 Å². The van der Waals surface area contributed by atoms with E-state index >= 15 is 0 Å². The number of amides is 2. The maximum absolute atomic E-state index is 12.1. The first-order chi connectivity index (χ1) is 9.65. The number of carbonyl (C=O) groups is 2. The molecular formula is C14H13N3O2S. The molecule has 0 aliphatic carbocycles. The van der Waals surface area contributed by atoms with E-state index in [0.717, 1.165) is 10.1 Å². The molecule has 0 aliphatic heterocycles. The lowest BCUT2D eigenvalue weighted by molar-refractivity contribution is -0.129. The molecule has 20 heavy (non-hydrogen) atoms. The molecule has 5 nitrogen and oxygen atoms in total. The highest BCUT2D eigenvalue weighted by Crippen LogP contribution is 2.31. The van der Waals surface area contributed by atoms with Crippen LogP contribution in [0.15, 0.2) is 29.6 Å². The van der Waals surface area contributed by atoms with Gasteiger partial charge in [-0.3, -0.25) is 9.59 Å². The number of hydrogen-bond donors (Lipinski definition) is 2. The Morgan fingerprint density at radius 1 is 1.40 bits per heavy atom. The summed E-state index contributed by atoms with van der Waals surface area (Å²) in [6, 6.07) is 9.46. The highest BCUT2D eigenvalue weighted by molar-refractivity contribution is 7.17. The van der Waals surface area contributed by atoms with Crippen LogP contribution in [0.4, 0.5) is 0 Å². The van der Waals surface area contributed by atoms with Crippen molar-refractivity contribution in [2.75, 3.05) is 6.54 Å². The Labute approximate surface area is 120 Å². The average molecular weight is 287 g/mol. The quantitative estimate of drug-likeness (QED) is 0.644. The summed E-state index contributed by atoms with van der Waals surface area (Å²) in [7, 11) is 0. The molecule has 1 heterocycles. The standard InChI is InChI=1S/C14H13N3O2S/c15-6-3-7-17-14(19)12(13(16)18)10-8-20-11-5-2-1-4-9(10)11/h1-2,4-5,8,12H,3,7H2,(H2,16,18)(H,17,19). The Balaban J connectivity index is 2.32. The molecule has 3 N–H and O–H groups in total. The zero-order chi connectivity index (χ0) is 14.5.